The first-order valence-electron chi connectivity index (χ1n) is 11.5. The summed E-state index contributed by atoms with van der Waals surface area (Å²) in [4.78, 5) is 26.1. The van der Waals surface area contributed by atoms with Crippen molar-refractivity contribution in [1.82, 2.24) is 14.9 Å². The Hall–Kier alpha value is -3.13. The van der Waals surface area contributed by atoms with Crippen LogP contribution in [0.3, 0.4) is 0 Å². The molecule has 1 aliphatic heterocycles. The van der Waals surface area contributed by atoms with Crippen LogP contribution in [-0.4, -0.2) is 67.3 Å². The molecule has 2 aromatic heterocycles. The molecule has 1 aliphatic carbocycles. The number of nitrogens with zero attached hydrogens (tertiary/aromatic N) is 4. The quantitative estimate of drug-likeness (QED) is 0.658. The smallest absolute Gasteiger partial charge is 0.225 e. The normalized spacial score (nSPS) is 18.3. The molecule has 2 fully saturated rings. The van der Waals surface area contributed by atoms with Crippen LogP contribution in [0.5, 0.6) is 5.88 Å². The first-order chi connectivity index (χ1) is 15.9. The molecule has 3 heterocycles. The highest BCUT2D eigenvalue weighted by Crippen LogP contribution is 2.46. The fraction of sp³-hybridized carbons (Fsp3) is 0.480. The molecule has 1 atom stereocenters. The minimum absolute atomic E-state index is 0.0768. The maximum atomic E-state index is 12.5. The fourth-order valence-corrected chi connectivity index (χ4v) is 4.43. The highest BCUT2D eigenvalue weighted by atomic mass is 16.5. The van der Waals surface area contributed by atoms with Gasteiger partial charge in [0.15, 0.2) is 5.82 Å². The van der Waals surface area contributed by atoms with Crippen LogP contribution in [0.2, 0.25) is 0 Å². The molecule has 2 aliphatic rings. The van der Waals surface area contributed by atoms with Gasteiger partial charge in [-0.25, -0.2) is 9.97 Å². The Morgan fingerprint density at radius 3 is 2.67 bits per heavy atom. The predicted octanol–water partition coefficient (Wildman–Crippen LogP) is 3.33. The molecule has 1 amide bonds. The van der Waals surface area contributed by atoms with Gasteiger partial charge in [0.25, 0.3) is 0 Å². The van der Waals surface area contributed by atoms with Crippen molar-refractivity contribution in [1.29, 1.82) is 0 Å². The van der Waals surface area contributed by atoms with Gasteiger partial charge < -0.3 is 25.0 Å². The summed E-state index contributed by atoms with van der Waals surface area (Å²) in [5, 5.41) is 0. The predicted molar refractivity (Wildman–Crippen MR) is 130 cm³/mol. The number of pyridine rings is 2. The lowest BCUT2D eigenvalue weighted by molar-refractivity contribution is -0.134. The molecule has 1 saturated heterocycles. The topological polar surface area (TPSA) is 93.8 Å². The zero-order valence-corrected chi connectivity index (χ0v) is 19.7. The lowest BCUT2D eigenvalue weighted by Gasteiger charge is -2.41. The van der Waals surface area contributed by atoms with Crippen LogP contribution in [0.4, 0.5) is 11.5 Å². The number of amides is 1. The first-order valence-corrected chi connectivity index (χ1v) is 11.5. The van der Waals surface area contributed by atoms with Gasteiger partial charge in [0.2, 0.25) is 11.8 Å². The van der Waals surface area contributed by atoms with Gasteiger partial charge in [0.1, 0.15) is 0 Å². The summed E-state index contributed by atoms with van der Waals surface area (Å²) in [6.45, 7) is 8.41. The van der Waals surface area contributed by atoms with Crippen LogP contribution < -0.4 is 15.4 Å². The molecule has 0 unspecified atom stereocenters. The molecule has 8 heteroatoms. The van der Waals surface area contributed by atoms with Crippen LogP contribution in [-0.2, 0) is 9.53 Å². The van der Waals surface area contributed by atoms with Gasteiger partial charge in [-0.1, -0.05) is 6.58 Å². The van der Waals surface area contributed by atoms with E-state index in [1.165, 1.54) is 0 Å². The molecular weight excluding hydrogens is 418 g/mol. The number of methoxy groups -OCH3 is 2. The van der Waals surface area contributed by atoms with Crippen molar-refractivity contribution >= 4 is 23.5 Å². The van der Waals surface area contributed by atoms with Crippen LogP contribution >= 0.6 is 0 Å². The largest absolute Gasteiger partial charge is 0.481 e. The van der Waals surface area contributed by atoms with Gasteiger partial charge in [-0.05, 0) is 43.5 Å². The van der Waals surface area contributed by atoms with E-state index in [1.54, 1.807) is 20.3 Å². The van der Waals surface area contributed by atoms with E-state index in [2.05, 4.69) is 23.4 Å². The number of carbonyl (C=O) groups excluding carboxylic acids is 1. The van der Waals surface area contributed by atoms with Gasteiger partial charge in [-0.15, -0.1) is 0 Å². The summed E-state index contributed by atoms with van der Waals surface area (Å²) in [5.41, 5.74) is 11.0. The van der Waals surface area contributed by atoms with Gasteiger partial charge >= 0.3 is 0 Å². The molecule has 0 spiro atoms. The van der Waals surface area contributed by atoms with E-state index in [0.717, 1.165) is 41.2 Å². The minimum Gasteiger partial charge on any atom is -0.481 e. The maximum absolute atomic E-state index is 12.5. The minimum atomic E-state index is 0.0768. The summed E-state index contributed by atoms with van der Waals surface area (Å²) in [7, 11) is 3.22. The average molecular weight is 452 g/mol. The standard InChI is InChI=1S/C25H33N5O3/c1-5-19-12-18(13-22(27-19)33-4)20-14-21(26)25(28-24(20)17-6-7-17)29-9-10-30(16(2)15-29)23(31)8-11-32-3/h5,12-14,16-17H,1,6-11,15,26H2,2-4H3/t16-/m1/s1. The monoisotopic (exact) mass is 451 g/mol. The molecule has 2 aromatic rings. The Morgan fingerprint density at radius 1 is 1.24 bits per heavy atom. The summed E-state index contributed by atoms with van der Waals surface area (Å²) in [6.07, 6.45) is 4.36. The van der Waals surface area contributed by atoms with E-state index in [0.29, 0.717) is 50.1 Å². The number of hydrogen-bond donors (Lipinski definition) is 1. The summed E-state index contributed by atoms with van der Waals surface area (Å²) in [6, 6.07) is 6.01. The van der Waals surface area contributed by atoms with Crippen molar-refractivity contribution in [2.24, 2.45) is 0 Å². The van der Waals surface area contributed by atoms with E-state index >= 15 is 0 Å². The van der Waals surface area contributed by atoms with Crippen LogP contribution in [0.1, 0.15) is 43.5 Å². The second-order valence-electron chi connectivity index (χ2n) is 8.76. The van der Waals surface area contributed by atoms with Gasteiger partial charge in [-0.3, -0.25) is 4.79 Å². The number of nitrogens with two attached hydrogens (primary N) is 1. The number of aromatic nitrogens is 2. The van der Waals surface area contributed by atoms with Gasteiger partial charge in [0.05, 0.1) is 37.2 Å². The molecule has 33 heavy (non-hydrogen) atoms. The third kappa shape index (κ3) is 4.95. The SMILES string of the molecule is C=Cc1cc(-c2cc(N)c(N3CCN(C(=O)CCOC)[C@H](C)C3)nc2C2CC2)cc(OC)n1. The third-order valence-electron chi connectivity index (χ3n) is 6.34. The first kappa shape index (κ1) is 23.0. The summed E-state index contributed by atoms with van der Waals surface area (Å²) in [5.74, 6) is 1.90. The van der Waals surface area contributed by atoms with E-state index in [9.17, 15) is 4.79 Å². The van der Waals surface area contributed by atoms with Crippen molar-refractivity contribution in [3.63, 3.8) is 0 Å². The molecule has 0 radical (unpaired) electrons. The van der Waals surface area contributed by atoms with Crippen LogP contribution in [0.25, 0.3) is 17.2 Å². The number of nitrogen functional groups attached to an aromatic ring is 1. The van der Waals surface area contributed by atoms with Crippen molar-refractivity contribution < 1.29 is 14.3 Å². The lowest BCUT2D eigenvalue weighted by atomic mass is 10.00. The maximum Gasteiger partial charge on any atom is 0.225 e. The molecular formula is C25H33N5O3. The number of rotatable bonds is 8. The van der Waals surface area contributed by atoms with Gasteiger partial charge in [-0.2, -0.15) is 0 Å². The van der Waals surface area contributed by atoms with Crippen LogP contribution in [0, 0.1) is 0 Å². The van der Waals surface area contributed by atoms with Gasteiger partial charge in [0, 0.05) is 50.3 Å². The Kier molecular flexibility index (Phi) is 6.83. The zero-order chi connectivity index (χ0) is 23.5. The lowest BCUT2D eigenvalue weighted by Crippen LogP contribution is -2.54. The number of carbonyl (C=O) groups is 1. The molecule has 1 saturated carbocycles. The third-order valence-corrected chi connectivity index (χ3v) is 6.34. The molecule has 0 aromatic carbocycles. The van der Waals surface area contributed by atoms with Crippen LogP contribution in [0.15, 0.2) is 24.8 Å². The van der Waals surface area contributed by atoms with E-state index in [1.807, 2.05) is 23.1 Å². The van der Waals surface area contributed by atoms with E-state index in [4.69, 9.17) is 20.2 Å². The molecule has 0 bridgehead atoms. The highest BCUT2D eigenvalue weighted by Gasteiger charge is 2.32. The van der Waals surface area contributed by atoms with E-state index in [-0.39, 0.29) is 11.9 Å². The van der Waals surface area contributed by atoms with E-state index < -0.39 is 0 Å². The average Bonchev–Trinajstić information content (AvgIpc) is 3.67. The van der Waals surface area contributed by atoms with Crippen molar-refractivity contribution in [3.8, 4) is 17.0 Å². The Balaban J connectivity index is 1.63. The Morgan fingerprint density at radius 2 is 2.03 bits per heavy atom. The Bertz CT molecular complexity index is 1040. The fourth-order valence-electron chi connectivity index (χ4n) is 4.43. The Labute approximate surface area is 195 Å². The number of ether oxygens (including phenoxy) is 2. The number of anilines is 2. The molecule has 8 nitrogen and oxygen atoms in total. The molecule has 2 N–H and O–H groups in total. The summed E-state index contributed by atoms with van der Waals surface area (Å²) >= 11 is 0. The van der Waals surface area contributed by atoms with Crippen molar-refractivity contribution in [2.45, 2.75) is 38.1 Å². The van der Waals surface area contributed by atoms with Crippen molar-refractivity contribution in [2.75, 3.05) is 51.1 Å². The number of hydrogen-bond acceptors (Lipinski definition) is 7. The zero-order valence-electron chi connectivity index (χ0n) is 19.7. The second-order valence-corrected chi connectivity index (χ2v) is 8.76. The molecule has 4 rings (SSSR count). The number of piperazine rings is 1. The van der Waals surface area contributed by atoms with Crippen molar-refractivity contribution in [3.05, 3.63) is 36.2 Å². The second kappa shape index (κ2) is 9.79. The highest BCUT2D eigenvalue weighted by molar-refractivity contribution is 5.79. The molecule has 176 valence electrons. The summed E-state index contributed by atoms with van der Waals surface area (Å²) < 4.78 is 10.5.